The van der Waals surface area contributed by atoms with Gasteiger partial charge in [-0.1, -0.05) is 20.3 Å². The Balaban J connectivity index is 1.90. The summed E-state index contributed by atoms with van der Waals surface area (Å²) in [5, 5.41) is 5.34. The van der Waals surface area contributed by atoms with Crippen LogP contribution in [0.4, 0.5) is 0 Å². The molecule has 0 aromatic carbocycles. The van der Waals surface area contributed by atoms with Crippen molar-refractivity contribution in [3.05, 3.63) is 0 Å². The molecule has 1 atom stereocenters. The molecule has 0 bridgehead atoms. The van der Waals surface area contributed by atoms with E-state index in [0.29, 0.717) is 0 Å². The predicted molar refractivity (Wildman–Crippen MR) is 64.6 cm³/mol. The topological polar surface area (TPSA) is 6.48 Å². The highest BCUT2D eigenvalue weighted by Crippen LogP contribution is 2.25. The highest BCUT2D eigenvalue weighted by atomic mass is 15.6. The number of rotatable bonds is 2. The number of nitrogens with zero attached hydrogens (tertiary/aromatic N) is 2. The minimum absolute atomic E-state index is 0.840. The molecule has 0 spiro atoms. The fraction of sp³-hybridized carbons (Fsp3) is 1.00. The van der Waals surface area contributed by atoms with Crippen molar-refractivity contribution in [2.75, 3.05) is 19.6 Å². The highest BCUT2D eigenvalue weighted by molar-refractivity contribution is 4.77. The van der Waals surface area contributed by atoms with Crippen LogP contribution < -0.4 is 0 Å². The first-order chi connectivity index (χ1) is 7.31. The highest BCUT2D eigenvalue weighted by Gasteiger charge is 2.28. The molecule has 0 aliphatic carbocycles. The quantitative estimate of drug-likeness (QED) is 0.691. The number of piperidine rings is 2. The smallest absolute Gasteiger partial charge is 0.0243 e. The molecule has 15 heavy (non-hydrogen) atoms. The zero-order chi connectivity index (χ0) is 10.7. The van der Waals surface area contributed by atoms with Crippen LogP contribution in [0.25, 0.3) is 0 Å². The fourth-order valence-electron chi connectivity index (χ4n) is 3.02. The molecule has 88 valence electrons. The summed E-state index contributed by atoms with van der Waals surface area (Å²) in [6.45, 7) is 8.66. The van der Waals surface area contributed by atoms with E-state index in [2.05, 4.69) is 23.9 Å². The Morgan fingerprint density at radius 1 is 1.00 bits per heavy atom. The maximum Gasteiger partial charge on any atom is 0.0243 e. The van der Waals surface area contributed by atoms with E-state index in [9.17, 15) is 0 Å². The van der Waals surface area contributed by atoms with Gasteiger partial charge in [-0.15, -0.1) is 0 Å². The normalized spacial score (nSPS) is 32.0. The number of hydrazine groups is 1. The third kappa shape index (κ3) is 2.73. The third-order valence-electron chi connectivity index (χ3n) is 4.19. The van der Waals surface area contributed by atoms with Crippen LogP contribution in [0.2, 0.25) is 0 Å². The van der Waals surface area contributed by atoms with E-state index in [1.54, 1.807) is 0 Å². The molecule has 1 unspecified atom stereocenters. The lowest BCUT2D eigenvalue weighted by molar-refractivity contribution is -0.0952. The minimum Gasteiger partial charge on any atom is -0.242 e. The van der Waals surface area contributed by atoms with Crippen LogP contribution in [0.1, 0.15) is 52.4 Å². The SMILES string of the molecule is CCC1CCCCN1N1CCC(C)CC1. The molecule has 0 aromatic heterocycles. The average molecular weight is 210 g/mol. The van der Waals surface area contributed by atoms with Crippen LogP contribution in [0.15, 0.2) is 0 Å². The molecule has 2 saturated heterocycles. The Hall–Kier alpha value is -0.0800. The molecule has 0 aromatic rings. The van der Waals surface area contributed by atoms with E-state index >= 15 is 0 Å². The van der Waals surface area contributed by atoms with Crippen LogP contribution in [-0.2, 0) is 0 Å². The Morgan fingerprint density at radius 2 is 1.73 bits per heavy atom. The van der Waals surface area contributed by atoms with Crippen LogP contribution in [0, 0.1) is 5.92 Å². The van der Waals surface area contributed by atoms with Gasteiger partial charge in [0.05, 0.1) is 0 Å². The maximum absolute atomic E-state index is 2.69. The van der Waals surface area contributed by atoms with Gasteiger partial charge in [-0.2, -0.15) is 0 Å². The Bertz CT molecular complexity index is 185. The summed E-state index contributed by atoms with van der Waals surface area (Å²) in [6.07, 6.45) is 8.39. The molecular weight excluding hydrogens is 184 g/mol. The summed E-state index contributed by atoms with van der Waals surface area (Å²) >= 11 is 0. The summed E-state index contributed by atoms with van der Waals surface area (Å²) in [7, 11) is 0. The molecule has 2 nitrogen and oxygen atoms in total. The van der Waals surface area contributed by atoms with Gasteiger partial charge in [0.2, 0.25) is 0 Å². The summed E-state index contributed by atoms with van der Waals surface area (Å²) in [4.78, 5) is 0. The summed E-state index contributed by atoms with van der Waals surface area (Å²) in [6, 6.07) is 0.840. The first kappa shape index (κ1) is 11.4. The van der Waals surface area contributed by atoms with Crippen LogP contribution in [0.3, 0.4) is 0 Å². The van der Waals surface area contributed by atoms with Crippen molar-refractivity contribution < 1.29 is 0 Å². The molecule has 0 amide bonds. The second-order valence-corrected chi connectivity index (χ2v) is 5.36. The monoisotopic (exact) mass is 210 g/mol. The van der Waals surface area contributed by atoms with Gasteiger partial charge in [0.25, 0.3) is 0 Å². The zero-order valence-corrected chi connectivity index (χ0v) is 10.4. The molecule has 2 heteroatoms. The van der Waals surface area contributed by atoms with Gasteiger partial charge in [-0.3, -0.25) is 0 Å². The van der Waals surface area contributed by atoms with E-state index in [1.807, 2.05) is 0 Å². The molecule has 0 radical (unpaired) electrons. The lowest BCUT2D eigenvalue weighted by Gasteiger charge is -2.45. The van der Waals surface area contributed by atoms with Crippen molar-refractivity contribution in [2.45, 2.75) is 58.4 Å². The van der Waals surface area contributed by atoms with Crippen LogP contribution in [0.5, 0.6) is 0 Å². The zero-order valence-electron chi connectivity index (χ0n) is 10.4. The van der Waals surface area contributed by atoms with E-state index in [-0.39, 0.29) is 0 Å². The second-order valence-electron chi connectivity index (χ2n) is 5.36. The van der Waals surface area contributed by atoms with Gasteiger partial charge in [-0.25, -0.2) is 10.0 Å². The first-order valence-electron chi connectivity index (χ1n) is 6.82. The molecule has 2 rings (SSSR count). The van der Waals surface area contributed by atoms with Crippen LogP contribution in [-0.4, -0.2) is 35.7 Å². The number of hydrogen-bond donors (Lipinski definition) is 0. The summed E-state index contributed by atoms with van der Waals surface area (Å²) in [5.41, 5.74) is 0. The van der Waals surface area contributed by atoms with Gasteiger partial charge in [0.15, 0.2) is 0 Å². The Kier molecular flexibility index (Phi) is 4.04. The van der Waals surface area contributed by atoms with Gasteiger partial charge >= 0.3 is 0 Å². The van der Waals surface area contributed by atoms with Crippen molar-refractivity contribution in [3.8, 4) is 0 Å². The molecule has 2 aliphatic heterocycles. The van der Waals surface area contributed by atoms with E-state index in [4.69, 9.17) is 0 Å². The molecule has 0 N–H and O–H groups in total. The molecular formula is C13H26N2. The molecule has 2 fully saturated rings. The van der Waals surface area contributed by atoms with E-state index < -0.39 is 0 Å². The standard InChI is InChI=1S/C13H26N2/c1-3-13-6-4-5-9-15(13)14-10-7-12(2)8-11-14/h12-13H,3-11H2,1-2H3. The molecule has 2 aliphatic rings. The van der Waals surface area contributed by atoms with Crippen molar-refractivity contribution >= 4 is 0 Å². The predicted octanol–water partition coefficient (Wildman–Crippen LogP) is 2.90. The van der Waals surface area contributed by atoms with E-state index in [0.717, 1.165) is 12.0 Å². The minimum atomic E-state index is 0.840. The molecule has 0 saturated carbocycles. The first-order valence-corrected chi connectivity index (χ1v) is 6.82. The van der Waals surface area contributed by atoms with Gasteiger partial charge < -0.3 is 0 Å². The molecule has 2 heterocycles. The van der Waals surface area contributed by atoms with Crippen LogP contribution >= 0.6 is 0 Å². The van der Waals surface area contributed by atoms with E-state index in [1.165, 1.54) is 58.2 Å². The lowest BCUT2D eigenvalue weighted by Crippen LogP contribution is -2.53. The Labute approximate surface area is 94.6 Å². The average Bonchev–Trinajstić information content (AvgIpc) is 2.30. The van der Waals surface area contributed by atoms with Crippen molar-refractivity contribution in [3.63, 3.8) is 0 Å². The third-order valence-corrected chi connectivity index (χ3v) is 4.19. The number of hydrogen-bond acceptors (Lipinski definition) is 2. The lowest BCUT2D eigenvalue weighted by atomic mass is 9.98. The van der Waals surface area contributed by atoms with Gasteiger partial charge in [0, 0.05) is 25.7 Å². The van der Waals surface area contributed by atoms with Crippen molar-refractivity contribution in [1.82, 2.24) is 10.0 Å². The second kappa shape index (κ2) is 5.31. The fourth-order valence-corrected chi connectivity index (χ4v) is 3.02. The van der Waals surface area contributed by atoms with Gasteiger partial charge in [-0.05, 0) is 38.0 Å². The largest absolute Gasteiger partial charge is 0.242 e. The summed E-state index contributed by atoms with van der Waals surface area (Å²) in [5.74, 6) is 0.950. The summed E-state index contributed by atoms with van der Waals surface area (Å²) < 4.78 is 0. The van der Waals surface area contributed by atoms with Gasteiger partial charge in [0.1, 0.15) is 0 Å². The van der Waals surface area contributed by atoms with Crippen molar-refractivity contribution in [1.29, 1.82) is 0 Å². The van der Waals surface area contributed by atoms with Crippen molar-refractivity contribution in [2.24, 2.45) is 5.92 Å². The Morgan fingerprint density at radius 3 is 2.40 bits per heavy atom. The maximum atomic E-state index is 2.69.